The number of fused-ring (bicyclic) bond motifs is 1. The summed E-state index contributed by atoms with van der Waals surface area (Å²) in [6, 6.07) is 6.70. The highest BCUT2D eigenvalue weighted by Crippen LogP contribution is 2.36. The molecule has 2 aromatic heterocycles. The molecule has 1 aliphatic rings. The first-order valence-electron chi connectivity index (χ1n) is 8.56. The Hall–Kier alpha value is -2.83. The van der Waals surface area contributed by atoms with Crippen molar-refractivity contribution in [2.24, 2.45) is 0 Å². The van der Waals surface area contributed by atoms with Gasteiger partial charge in [0, 0.05) is 55.1 Å². The number of nitriles is 2. The van der Waals surface area contributed by atoms with Crippen LogP contribution in [0.4, 0.5) is 5.82 Å². The monoisotopic (exact) mass is 334 g/mol. The van der Waals surface area contributed by atoms with E-state index in [1.54, 1.807) is 0 Å². The van der Waals surface area contributed by atoms with Crippen LogP contribution in [0.1, 0.15) is 43.3 Å². The first kappa shape index (κ1) is 17.0. The molecule has 0 saturated heterocycles. The summed E-state index contributed by atoms with van der Waals surface area (Å²) in [5.41, 5.74) is 10.8. The number of hydrogen-bond donors (Lipinski definition) is 1. The zero-order valence-corrected chi connectivity index (χ0v) is 14.9. The number of aromatic nitrogens is 2. The Bertz CT molecular complexity index is 894. The Balaban J connectivity index is 2.25. The van der Waals surface area contributed by atoms with Crippen molar-refractivity contribution < 1.29 is 0 Å². The van der Waals surface area contributed by atoms with Gasteiger partial charge in [0.25, 0.3) is 0 Å². The highest BCUT2D eigenvalue weighted by Gasteiger charge is 2.27. The molecule has 6 nitrogen and oxygen atoms in total. The van der Waals surface area contributed by atoms with E-state index < -0.39 is 0 Å². The number of nitrogens with two attached hydrogens (primary N) is 1. The van der Waals surface area contributed by atoms with Crippen molar-refractivity contribution in [2.45, 2.75) is 46.3 Å². The second-order valence-electron chi connectivity index (χ2n) is 6.61. The van der Waals surface area contributed by atoms with Crippen LogP contribution in [0.25, 0.3) is 11.1 Å². The fourth-order valence-corrected chi connectivity index (χ4v) is 3.47. The van der Waals surface area contributed by atoms with E-state index >= 15 is 0 Å². The average molecular weight is 334 g/mol. The number of aryl methyl sites for hydroxylation is 1. The van der Waals surface area contributed by atoms with Gasteiger partial charge >= 0.3 is 0 Å². The predicted octanol–water partition coefficient (Wildman–Crippen LogP) is 2.66. The minimum atomic E-state index is 0.275. The number of hydrogen-bond acceptors (Lipinski definition) is 5. The largest absolute Gasteiger partial charge is 0.383 e. The molecule has 3 heterocycles. The number of nitrogen functional groups attached to an aromatic ring is 1. The minimum Gasteiger partial charge on any atom is -0.383 e. The van der Waals surface area contributed by atoms with E-state index in [2.05, 4.69) is 35.9 Å². The maximum Gasteiger partial charge on any atom is 0.142 e. The molecule has 0 fully saturated rings. The Morgan fingerprint density at radius 1 is 1.32 bits per heavy atom. The predicted molar refractivity (Wildman–Crippen MR) is 96.4 cm³/mol. The van der Waals surface area contributed by atoms with Crippen molar-refractivity contribution in [3.8, 4) is 23.3 Å². The molecule has 3 rings (SSSR count). The molecule has 2 N–H and O–H groups in total. The van der Waals surface area contributed by atoms with Crippen LogP contribution in [0, 0.1) is 22.7 Å². The van der Waals surface area contributed by atoms with Crippen molar-refractivity contribution in [1.82, 2.24) is 14.5 Å². The Kier molecular flexibility index (Phi) is 4.48. The molecule has 0 aliphatic carbocycles. The molecule has 0 atom stereocenters. The van der Waals surface area contributed by atoms with Gasteiger partial charge in [0.2, 0.25) is 0 Å². The lowest BCUT2D eigenvalue weighted by atomic mass is 9.92. The number of rotatable bonds is 3. The van der Waals surface area contributed by atoms with E-state index in [1.807, 2.05) is 23.8 Å². The summed E-state index contributed by atoms with van der Waals surface area (Å²) in [7, 11) is 0. The molecule has 25 heavy (non-hydrogen) atoms. The molecule has 0 amide bonds. The summed E-state index contributed by atoms with van der Waals surface area (Å²) in [5.74, 6) is 0.275. The van der Waals surface area contributed by atoms with Crippen molar-refractivity contribution in [3.05, 3.63) is 34.8 Å². The van der Waals surface area contributed by atoms with Gasteiger partial charge in [0.05, 0.1) is 0 Å². The van der Waals surface area contributed by atoms with Crippen molar-refractivity contribution in [1.29, 1.82) is 10.5 Å². The number of pyridine rings is 1. The van der Waals surface area contributed by atoms with Crippen LogP contribution in [0.2, 0.25) is 0 Å². The molecular weight excluding hydrogens is 312 g/mol. The standard InChI is InChI=1S/C19H22N6/c1-4-24-10-13(7-14(24)8-20)18-15(9-21)19(22)23-17-5-6-25(12(2)3)11-16(17)18/h7,10,12H,4-6,11H2,1-3H3,(H2,22,23). The van der Waals surface area contributed by atoms with Gasteiger partial charge in [-0.25, -0.2) is 4.98 Å². The number of anilines is 1. The van der Waals surface area contributed by atoms with E-state index in [1.165, 1.54) is 0 Å². The van der Waals surface area contributed by atoms with E-state index in [0.717, 1.165) is 41.9 Å². The SMILES string of the molecule is CCn1cc(-c2c(C#N)c(N)nc3c2CN(C(C)C)CC3)cc1C#N. The summed E-state index contributed by atoms with van der Waals surface area (Å²) in [6.07, 6.45) is 2.75. The van der Waals surface area contributed by atoms with Crippen LogP contribution in [-0.2, 0) is 19.5 Å². The van der Waals surface area contributed by atoms with Crippen LogP contribution in [0.3, 0.4) is 0 Å². The average Bonchev–Trinajstić information content (AvgIpc) is 3.02. The maximum atomic E-state index is 9.67. The lowest BCUT2D eigenvalue weighted by Crippen LogP contribution is -2.36. The van der Waals surface area contributed by atoms with E-state index in [0.29, 0.717) is 23.8 Å². The molecule has 0 spiro atoms. The molecule has 0 unspecified atom stereocenters. The third-order valence-electron chi connectivity index (χ3n) is 4.89. The third-order valence-corrected chi connectivity index (χ3v) is 4.89. The highest BCUT2D eigenvalue weighted by atomic mass is 15.2. The van der Waals surface area contributed by atoms with Crippen LogP contribution in [-0.4, -0.2) is 27.0 Å². The first-order chi connectivity index (χ1) is 12.0. The van der Waals surface area contributed by atoms with E-state index in [4.69, 9.17) is 5.73 Å². The molecule has 0 bridgehead atoms. The number of nitrogens with zero attached hydrogens (tertiary/aromatic N) is 5. The fraction of sp³-hybridized carbons (Fsp3) is 0.421. The summed E-state index contributed by atoms with van der Waals surface area (Å²) < 4.78 is 1.89. The van der Waals surface area contributed by atoms with E-state index in [9.17, 15) is 10.5 Å². The quantitative estimate of drug-likeness (QED) is 0.931. The van der Waals surface area contributed by atoms with Crippen LogP contribution >= 0.6 is 0 Å². The summed E-state index contributed by atoms with van der Waals surface area (Å²) in [6.45, 7) is 8.70. The first-order valence-corrected chi connectivity index (χ1v) is 8.56. The topological polar surface area (TPSA) is 94.7 Å². The smallest absolute Gasteiger partial charge is 0.142 e. The van der Waals surface area contributed by atoms with Crippen LogP contribution < -0.4 is 5.73 Å². The normalized spacial score (nSPS) is 14.2. The molecule has 0 aromatic carbocycles. The third kappa shape index (κ3) is 2.86. The van der Waals surface area contributed by atoms with Crippen molar-refractivity contribution in [3.63, 3.8) is 0 Å². The molecule has 0 radical (unpaired) electrons. The Morgan fingerprint density at radius 3 is 2.64 bits per heavy atom. The fourth-order valence-electron chi connectivity index (χ4n) is 3.47. The zero-order chi connectivity index (χ0) is 18.1. The van der Waals surface area contributed by atoms with Gasteiger partial charge in [-0.1, -0.05) is 0 Å². The van der Waals surface area contributed by atoms with Gasteiger partial charge in [-0.3, -0.25) is 4.90 Å². The molecule has 2 aromatic rings. The maximum absolute atomic E-state index is 9.67. The zero-order valence-electron chi connectivity index (χ0n) is 14.9. The van der Waals surface area contributed by atoms with Crippen LogP contribution in [0.15, 0.2) is 12.3 Å². The molecule has 0 saturated carbocycles. The Morgan fingerprint density at radius 2 is 2.08 bits per heavy atom. The van der Waals surface area contributed by atoms with Crippen LogP contribution in [0.5, 0.6) is 0 Å². The van der Waals surface area contributed by atoms with Gasteiger partial charge in [-0.15, -0.1) is 0 Å². The van der Waals surface area contributed by atoms with Gasteiger partial charge in [0.1, 0.15) is 29.2 Å². The minimum absolute atomic E-state index is 0.275. The summed E-state index contributed by atoms with van der Waals surface area (Å²) in [4.78, 5) is 6.86. The Labute approximate surface area is 148 Å². The van der Waals surface area contributed by atoms with Gasteiger partial charge in [-0.05, 0) is 32.4 Å². The van der Waals surface area contributed by atoms with Gasteiger partial charge in [0.15, 0.2) is 0 Å². The second-order valence-corrected chi connectivity index (χ2v) is 6.61. The summed E-state index contributed by atoms with van der Waals surface area (Å²) in [5, 5.41) is 19.0. The molecular formula is C19H22N6. The van der Waals surface area contributed by atoms with E-state index in [-0.39, 0.29) is 5.82 Å². The van der Waals surface area contributed by atoms with Gasteiger partial charge < -0.3 is 10.3 Å². The van der Waals surface area contributed by atoms with Gasteiger partial charge in [-0.2, -0.15) is 10.5 Å². The van der Waals surface area contributed by atoms with Crippen molar-refractivity contribution in [2.75, 3.05) is 12.3 Å². The lowest BCUT2D eigenvalue weighted by molar-refractivity contribution is 0.202. The highest BCUT2D eigenvalue weighted by molar-refractivity contribution is 5.79. The molecule has 6 heteroatoms. The molecule has 128 valence electrons. The second kappa shape index (κ2) is 6.58. The molecule has 1 aliphatic heterocycles. The lowest BCUT2D eigenvalue weighted by Gasteiger charge is -2.33. The summed E-state index contributed by atoms with van der Waals surface area (Å²) >= 11 is 0. The van der Waals surface area contributed by atoms with Crippen molar-refractivity contribution >= 4 is 5.82 Å².